The maximum atomic E-state index is 5.63. The number of likely N-dealkylation sites (tertiary alicyclic amines) is 1. The van der Waals surface area contributed by atoms with Gasteiger partial charge in [0.05, 0.1) is 6.61 Å². The van der Waals surface area contributed by atoms with Gasteiger partial charge in [-0.3, -0.25) is 4.90 Å². The van der Waals surface area contributed by atoms with Crippen LogP contribution in [0, 0.1) is 0 Å². The molecule has 1 aromatic rings. The second-order valence-corrected chi connectivity index (χ2v) is 6.14. The molecule has 0 saturated carbocycles. The van der Waals surface area contributed by atoms with Gasteiger partial charge in [-0.1, -0.05) is 19.1 Å². The minimum atomic E-state index is 0.385. The number of ether oxygens (including phenoxy) is 1. The Hall–Kier alpha value is -1.06. The van der Waals surface area contributed by atoms with Gasteiger partial charge in [-0.25, -0.2) is 0 Å². The van der Waals surface area contributed by atoms with Gasteiger partial charge in [-0.15, -0.1) is 0 Å². The Morgan fingerprint density at radius 2 is 1.81 bits per heavy atom. The van der Waals surface area contributed by atoms with Crippen LogP contribution in [0.15, 0.2) is 24.3 Å². The van der Waals surface area contributed by atoms with E-state index in [9.17, 15) is 0 Å². The van der Waals surface area contributed by atoms with E-state index < -0.39 is 0 Å². The molecule has 21 heavy (non-hydrogen) atoms. The van der Waals surface area contributed by atoms with Crippen LogP contribution in [0.5, 0.6) is 5.75 Å². The molecule has 1 aliphatic heterocycles. The molecular weight excluding hydrogens is 260 g/mol. The van der Waals surface area contributed by atoms with Crippen LogP contribution in [0.1, 0.15) is 51.6 Å². The van der Waals surface area contributed by atoms with Crippen LogP contribution in [0.2, 0.25) is 0 Å². The minimum absolute atomic E-state index is 0.385. The third kappa shape index (κ3) is 5.01. The Morgan fingerprint density at radius 3 is 2.43 bits per heavy atom. The van der Waals surface area contributed by atoms with Crippen LogP contribution in [0.25, 0.3) is 0 Å². The van der Waals surface area contributed by atoms with Crippen molar-refractivity contribution in [3.05, 3.63) is 29.8 Å². The SMILES string of the molecule is CCCOc1ccc(C(C)NCC(C)N2CCCC2)cc1. The van der Waals surface area contributed by atoms with Crippen LogP contribution < -0.4 is 10.1 Å². The monoisotopic (exact) mass is 290 g/mol. The van der Waals surface area contributed by atoms with Crippen molar-refractivity contribution < 1.29 is 4.74 Å². The summed E-state index contributed by atoms with van der Waals surface area (Å²) in [6.45, 7) is 11.1. The quantitative estimate of drug-likeness (QED) is 0.791. The normalized spacial score (nSPS) is 18.6. The van der Waals surface area contributed by atoms with E-state index in [1.165, 1.54) is 31.5 Å². The lowest BCUT2D eigenvalue weighted by atomic mass is 10.1. The average Bonchev–Trinajstić information content (AvgIpc) is 3.05. The zero-order valence-corrected chi connectivity index (χ0v) is 13.8. The van der Waals surface area contributed by atoms with Gasteiger partial charge in [0, 0.05) is 18.6 Å². The number of nitrogens with one attached hydrogen (secondary N) is 1. The van der Waals surface area contributed by atoms with Crippen molar-refractivity contribution in [1.82, 2.24) is 10.2 Å². The number of rotatable bonds is 8. The van der Waals surface area contributed by atoms with E-state index in [-0.39, 0.29) is 0 Å². The molecule has 1 aromatic carbocycles. The molecule has 0 aliphatic carbocycles. The summed E-state index contributed by atoms with van der Waals surface area (Å²) in [7, 11) is 0. The summed E-state index contributed by atoms with van der Waals surface area (Å²) in [5, 5.41) is 3.66. The molecule has 1 N–H and O–H groups in total. The third-order valence-electron chi connectivity index (χ3n) is 4.34. The fourth-order valence-corrected chi connectivity index (χ4v) is 2.85. The van der Waals surface area contributed by atoms with Gasteiger partial charge < -0.3 is 10.1 Å². The maximum absolute atomic E-state index is 5.63. The Balaban J connectivity index is 1.78. The lowest BCUT2D eigenvalue weighted by molar-refractivity contribution is 0.247. The van der Waals surface area contributed by atoms with Gasteiger partial charge in [0.15, 0.2) is 0 Å². The van der Waals surface area contributed by atoms with Crippen molar-refractivity contribution in [3.8, 4) is 5.75 Å². The minimum Gasteiger partial charge on any atom is -0.494 e. The van der Waals surface area contributed by atoms with Crippen molar-refractivity contribution >= 4 is 0 Å². The predicted molar refractivity (Wildman–Crippen MR) is 88.9 cm³/mol. The zero-order valence-electron chi connectivity index (χ0n) is 13.8. The first-order chi connectivity index (χ1) is 10.2. The number of hydrogen-bond acceptors (Lipinski definition) is 3. The van der Waals surface area contributed by atoms with E-state index >= 15 is 0 Å². The molecular formula is C18H30N2O. The molecule has 2 atom stereocenters. The molecule has 0 spiro atoms. The van der Waals surface area contributed by atoms with Gasteiger partial charge in [-0.2, -0.15) is 0 Å². The van der Waals surface area contributed by atoms with Crippen LogP contribution in [0.3, 0.4) is 0 Å². The highest BCUT2D eigenvalue weighted by Gasteiger charge is 2.18. The van der Waals surface area contributed by atoms with Gasteiger partial charge in [0.25, 0.3) is 0 Å². The molecule has 1 saturated heterocycles. The molecule has 1 heterocycles. The Kier molecular flexibility index (Phi) is 6.52. The fraction of sp³-hybridized carbons (Fsp3) is 0.667. The summed E-state index contributed by atoms with van der Waals surface area (Å²) in [5.41, 5.74) is 1.33. The molecule has 118 valence electrons. The smallest absolute Gasteiger partial charge is 0.119 e. The summed E-state index contributed by atoms with van der Waals surface area (Å²) in [6, 6.07) is 9.50. The van der Waals surface area contributed by atoms with Crippen molar-refractivity contribution in [2.75, 3.05) is 26.2 Å². The lowest BCUT2D eigenvalue weighted by Gasteiger charge is -2.26. The van der Waals surface area contributed by atoms with Gasteiger partial charge in [-0.05, 0) is 63.9 Å². The van der Waals surface area contributed by atoms with Crippen LogP contribution >= 0.6 is 0 Å². The van der Waals surface area contributed by atoms with E-state index in [1.54, 1.807) is 0 Å². The largest absolute Gasteiger partial charge is 0.494 e. The van der Waals surface area contributed by atoms with Crippen molar-refractivity contribution in [2.45, 2.75) is 52.1 Å². The molecule has 0 aromatic heterocycles. The lowest BCUT2D eigenvalue weighted by Crippen LogP contribution is -2.39. The van der Waals surface area contributed by atoms with Crippen molar-refractivity contribution in [1.29, 1.82) is 0 Å². The molecule has 3 heteroatoms. The number of benzene rings is 1. The molecule has 0 bridgehead atoms. The molecule has 2 rings (SSSR count). The van der Waals surface area contributed by atoms with E-state index in [0.717, 1.165) is 25.3 Å². The van der Waals surface area contributed by atoms with Crippen molar-refractivity contribution in [2.24, 2.45) is 0 Å². The first-order valence-corrected chi connectivity index (χ1v) is 8.41. The van der Waals surface area contributed by atoms with E-state index in [4.69, 9.17) is 4.74 Å². The summed E-state index contributed by atoms with van der Waals surface area (Å²) in [5.74, 6) is 0.971. The standard InChI is InChI=1S/C18H30N2O/c1-4-13-21-18-9-7-17(8-10-18)16(3)19-14-15(2)20-11-5-6-12-20/h7-10,15-16,19H,4-6,11-14H2,1-3H3. The van der Waals surface area contributed by atoms with Crippen LogP contribution in [-0.2, 0) is 0 Å². The van der Waals surface area contributed by atoms with Crippen LogP contribution in [0.4, 0.5) is 0 Å². The molecule has 3 nitrogen and oxygen atoms in total. The van der Waals surface area contributed by atoms with E-state index in [2.05, 4.69) is 55.3 Å². The Bertz CT molecular complexity index is 398. The highest BCUT2D eigenvalue weighted by molar-refractivity contribution is 5.28. The van der Waals surface area contributed by atoms with E-state index in [1.807, 2.05) is 0 Å². The highest BCUT2D eigenvalue weighted by atomic mass is 16.5. The van der Waals surface area contributed by atoms with E-state index in [0.29, 0.717) is 12.1 Å². The van der Waals surface area contributed by atoms with Gasteiger partial charge >= 0.3 is 0 Å². The highest BCUT2D eigenvalue weighted by Crippen LogP contribution is 2.18. The van der Waals surface area contributed by atoms with Gasteiger partial charge in [0.1, 0.15) is 5.75 Å². The summed E-state index contributed by atoms with van der Waals surface area (Å²) < 4.78 is 5.63. The topological polar surface area (TPSA) is 24.5 Å². The summed E-state index contributed by atoms with van der Waals surface area (Å²) >= 11 is 0. The Labute approximate surface area is 129 Å². The summed E-state index contributed by atoms with van der Waals surface area (Å²) in [6.07, 6.45) is 3.77. The molecule has 1 fully saturated rings. The number of hydrogen-bond donors (Lipinski definition) is 1. The summed E-state index contributed by atoms with van der Waals surface area (Å²) in [4.78, 5) is 2.58. The molecule has 1 aliphatic rings. The average molecular weight is 290 g/mol. The van der Waals surface area contributed by atoms with Crippen LogP contribution in [-0.4, -0.2) is 37.2 Å². The van der Waals surface area contributed by atoms with Crippen molar-refractivity contribution in [3.63, 3.8) is 0 Å². The molecule has 2 unspecified atom stereocenters. The second kappa shape index (κ2) is 8.40. The second-order valence-electron chi connectivity index (χ2n) is 6.14. The maximum Gasteiger partial charge on any atom is 0.119 e. The number of nitrogens with zero attached hydrogens (tertiary/aromatic N) is 1. The Morgan fingerprint density at radius 1 is 1.14 bits per heavy atom. The molecule has 0 amide bonds. The first-order valence-electron chi connectivity index (χ1n) is 8.41. The molecule has 0 radical (unpaired) electrons. The third-order valence-corrected chi connectivity index (χ3v) is 4.34. The van der Waals surface area contributed by atoms with Gasteiger partial charge in [0.2, 0.25) is 0 Å². The predicted octanol–water partition coefficient (Wildman–Crippen LogP) is 3.61. The zero-order chi connectivity index (χ0) is 15.1. The first kappa shape index (κ1) is 16.3. The fourth-order valence-electron chi connectivity index (χ4n) is 2.85.